The highest BCUT2D eigenvalue weighted by atomic mass is 19.4. The summed E-state index contributed by atoms with van der Waals surface area (Å²) in [4.78, 5) is 4.22. The predicted octanol–water partition coefficient (Wildman–Crippen LogP) is 5.94. The molecule has 0 bridgehead atoms. The summed E-state index contributed by atoms with van der Waals surface area (Å²) in [7, 11) is 0. The van der Waals surface area contributed by atoms with Crippen molar-refractivity contribution in [2.75, 3.05) is 5.32 Å². The fourth-order valence-corrected chi connectivity index (χ4v) is 4.51. The minimum absolute atomic E-state index is 0.163. The Morgan fingerprint density at radius 3 is 2.64 bits per heavy atom. The smallest absolute Gasteiger partial charge is 0.379 e. The highest BCUT2D eigenvalue weighted by Gasteiger charge is 2.35. The van der Waals surface area contributed by atoms with Gasteiger partial charge in [-0.05, 0) is 60.2 Å². The molecule has 1 saturated carbocycles. The summed E-state index contributed by atoms with van der Waals surface area (Å²) in [5, 5.41) is 7.17. The number of hydrogen-bond donors (Lipinski definition) is 2. The lowest BCUT2D eigenvalue weighted by molar-refractivity contribution is -0.141. The molecular formula is C27H29F3N6. The molecule has 188 valence electrons. The minimum atomic E-state index is -4.54. The van der Waals surface area contributed by atoms with Crippen LogP contribution in [-0.4, -0.2) is 19.3 Å². The average molecular weight is 495 g/mol. The van der Waals surface area contributed by atoms with Crippen LogP contribution in [0.3, 0.4) is 0 Å². The first-order valence-corrected chi connectivity index (χ1v) is 12.2. The number of nitrogens with one attached hydrogen (secondary N) is 1. The Hall–Kier alpha value is -3.59. The Morgan fingerprint density at radius 2 is 1.92 bits per heavy atom. The normalized spacial score (nSPS) is 14.7. The second kappa shape index (κ2) is 10.2. The second-order valence-corrected chi connectivity index (χ2v) is 9.33. The van der Waals surface area contributed by atoms with Gasteiger partial charge in [0.05, 0.1) is 30.3 Å². The van der Waals surface area contributed by atoms with Crippen molar-refractivity contribution in [1.82, 2.24) is 19.3 Å². The summed E-state index contributed by atoms with van der Waals surface area (Å²) in [6.07, 6.45) is 5.86. The number of nitrogens with zero attached hydrogens (tertiary/aromatic N) is 4. The van der Waals surface area contributed by atoms with E-state index in [4.69, 9.17) is 5.73 Å². The van der Waals surface area contributed by atoms with E-state index in [2.05, 4.69) is 32.1 Å². The molecule has 1 aliphatic rings. The zero-order valence-corrected chi connectivity index (χ0v) is 19.8. The molecule has 2 aromatic heterocycles. The minimum Gasteiger partial charge on any atom is -0.379 e. The quantitative estimate of drug-likeness (QED) is 0.286. The van der Waals surface area contributed by atoms with Crippen molar-refractivity contribution in [3.63, 3.8) is 0 Å². The van der Waals surface area contributed by atoms with Gasteiger partial charge in [0, 0.05) is 24.6 Å². The number of hydrogen-bond acceptors (Lipinski definition) is 4. The van der Waals surface area contributed by atoms with Crippen LogP contribution in [0.4, 0.5) is 18.9 Å². The number of imidazole rings is 1. The van der Waals surface area contributed by atoms with Gasteiger partial charge in [-0.15, -0.1) is 0 Å². The Bertz CT molecular complexity index is 1290. The maximum atomic E-state index is 13.5. The zero-order valence-electron chi connectivity index (χ0n) is 19.8. The van der Waals surface area contributed by atoms with E-state index in [1.54, 1.807) is 24.4 Å². The lowest BCUT2D eigenvalue weighted by Crippen LogP contribution is -2.11. The number of nitrogens with two attached hydrogens (primary N) is 1. The first-order chi connectivity index (χ1) is 17.4. The molecule has 36 heavy (non-hydrogen) atoms. The van der Waals surface area contributed by atoms with Crippen molar-refractivity contribution in [2.45, 2.75) is 51.0 Å². The van der Waals surface area contributed by atoms with E-state index in [0.717, 1.165) is 35.2 Å². The van der Waals surface area contributed by atoms with E-state index >= 15 is 0 Å². The van der Waals surface area contributed by atoms with Gasteiger partial charge in [0.15, 0.2) is 5.69 Å². The van der Waals surface area contributed by atoms with Crippen LogP contribution in [-0.2, 0) is 19.3 Å². The van der Waals surface area contributed by atoms with Gasteiger partial charge in [0.1, 0.15) is 0 Å². The molecule has 1 aliphatic carbocycles. The molecular weight excluding hydrogens is 465 g/mol. The fraction of sp³-hybridized carbons (Fsp3) is 0.333. The summed E-state index contributed by atoms with van der Waals surface area (Å²) in [5.41, 5.74) is 8.54. The number of alkyl halides is 3. The van der Waals surface area contributed by atoms with Crippen LogP contribution in [0.15, 0.2) is 73.3 Å². The number of rotatable bonds is 10. The van der Waals surface area contributed by atoms with Gasteiger partial charge in [0.2, 0.25) is 0 Å². The van der Waals surface area contributed by atoms with Crippen LogP contribution in [0.2, 0.25) is 0 Å². The molecule has 5 rings (SSSR count). The average Bonchev–Trinajstić information content (AvgIpc) is 3.35. The van der Waals surface area contributed by atoms with Crippen LogP contribution in [0.1, 0.15) is 54.2 Å². The van der Waals surface area contributed by atoms with E-state index in [1.165, 1.54) is 23.9 Å². The Balaban J connectivity index is 1.39. The van der Waals surface area contributed by atoms with Crippen LogP contribution >= 0.6 is 0 Å². The van der Waals surface area contributed by atoms with E-state index in [1.807, 2.05) is 30.7 Å². The van der Waals surface area contributed by atoms with Gasteiger partial charge < -0.3 is 15.6 Å². The second-order valence-electron chi connectivity index (χ2n) is 9.33. The predicted molar refractivity (Wildman–Crippen MR) is 133 cm³/mol. The van der Waals surface area contributed by atoms with Crippen molar-refractivity contribution in [3.8, 4) is 5.69 Å². The molecule has 2 heterocycles. The monoisotopic (exact) mass is 494 g/mol. The Labute approximate surface area is 208 Å². The van der Waals surface area contributed by atoms with E-state index < -0.39 is 11.9 Å². The van der Waals surface area contributed by atoms with Gasteiger partial charge in [0.25, 0.3) is 0 Å². The summed E-state index contributed by atoms with van der Waals surface area (Å²) in [6.45, 7) is 0.470. The molecule has 4 aromatic rings. The van der Waals surface area contributed by atoms with Crippen LogP contribution in [0.5, 0.6) is 0 Å². The molecule has 1 unspecified atom stereocenters. The van der Waals surface area contributed by atoms with Crippen molar-refractivity contribution in [3.05, 3.63) is 95.8 Å². The van der Waals surface area contributed by atoms with Gasteiger partial charge in [-0.25, -0.2) is 9.67 Å². The van der Waals surface area contributed by atoms with Crippen molar-refractivity contribution in [2.24, 2.45) is 11.7 Å². The maximum absolute atomic E-state index is 13.5. The SMILES string of the molecule is NCc1cccc(-n2nc(C(F)(F)F)cc2CNc2cccc(C(CCC3CC3)n3ccnc3)c2)c1. The Kier molecular flexibility index (Phi) is 6.82. The molecule has 6 nitrogen and oxygen atoms in total. The van der Waals surface area contributed by atoms with Crippen LogP contribution < -0.4 is 11.1 Å². The third-order valence-electron chi connectivity index (χ3n) is 6.64. The third kappa shape index (κ3) is 5.62. The highest BCUT2D eigenvalue weighted by molar-refractivity contribution is 5.47. The van der Waals surface area contributed by atoms with Crippen molar-refractivity contribution in [1.29, 1.82) is 0 Å². The van der Waals surface area contributed by atoms with Crippen molar-refractivity contribution < 1.29 is 13.2 Å². The fourth-order valence-electron chi connectivity index (χ4n) is 4.51. The maximum Gasteiger partial charge on any atom is 0.435 e. The molecule has 1 atom stereocenters. The first-order valence-electron chi connectivity index (χ1n) is 12.2. The molecule has 2 aromatic carbocycles. The topological polar surface area (TPSA) is 73.7 Å². The number of halogens is 3. The highest BCUT2D eigenvalue weighted by Crippen LogP contribution is 2.37. The molecule has 3 N–H and O–H groups in total. The van der Waals surface area contributed by atoms with E-state index in [-0.39, 0.29) is 12.6 Å². The third-order valence-corrected chi connectivity index (χ3v) is 6.64. The number of aromatic nitrogens is 4. The van der Waals surface area contributed by atoms with Crippen LogP contribution in [0, 0.1) is 5.92 Å². The lowest BCUT2D eigenvalue weighted by Gasteiger charge is -2.20. The molecule has 0 spiro atoms. The summed E-state index contributed by atoms with van der Waals surface area (Å²) in [6, 6.07) is 16.4. The summed E-state index contributed by atoms with van der Waals surface area (Å²) in [5.74, 6) is 0.818. The molecule has 0 radical (unpaired) electrons. The molecule has 0 amide bonds. The summed E-state index contributed by atoms with van der Waals surface area (Å²) >= 11 is 0. The summed E-state index contributed by atoms with van der Waals surface area (Å²) < 4.78 is 43.9. The van der Waals surface area contributed by atoms with Gasteiger partial charge in [-0.1, -0.05) is 37.1 Å². The van der Waals surface area contributed by atoms with E-state index in [0.29, 0.717) is 17.9 Å². The lowest BCUT2D eigenvalue weighted by atomic mass is 9.99. The number of benzene rings is 2. The first kappa shape index (κ1) is 24.1. The molecule has 0 aliphatic heterocycles. The van der Waals surface area contributed by atoms with Crippen molar-refractivity contribution >= 4 is 5.69 Å². The zero-order chi connectivity index (χ0) is 25.1. The van der Waals surface area contributed by atoms with Gasteiger partial charge in [-0.2, -0.15) is 18.3 Å². The number of anilines is 1. The largest absolute Gasteiger partial charge is 0.435 e. The molecule has 1 fully saturated rings. The molecule has 9 heteroatoms. The van der Waals surface area contributed by atoms with Gasteiger partial charge in [-0.3, -0.25) is 0 Å². The Morgan fingerprint density at radius 1 is 1.08 bits per heavy atom. The molecule has 0 saturated heterocycles. The van der Waals surface area contributed by atoms with Crippen LogP contribution in [0.25, 0.3) is 5.69 Å². The standard InChI is InChI=1S/C27H29F3N6/c28-27(29,30)26-15-24(36(34-26)23-6-1-3-20(13-23)16-31)17-33-22-5-2-4-21(14-22)25(10-9-19-7-8-19)35-12-11-32-18-35/h1-6,11-15,18-19,25,33H,7-10,16-17,31H2. The van der Waals surface area contributed by atoms with E-state index in [9.17, 15) is 13.2 Å². The van der Waals surface area contributed by atoms with Gasteiger partial charge >= 0.3 is 6.18 Å².